The predicted molar refractivity (Wildman–Crippen MR) is 135 cm³/mol. The van der Waals surface area contributed by atoms with Crippen LogP contribution in [0.5, 0.6) is 0 Å². The highest BCUT2D eigenvalue weighted by molar-refractivity contribution is 6.29. The Bertz CT molecular complexity index is 1400. The minimum atomic E-state index is -0.528. The SMILES string of the molecule is CN(N=O)C(=O)NCCCCCCNCN1C(=O)c2cccc3c2c(cc2ccc(C#N)cc23)C1=O. The molecule has 0 aliphatic carbocycles. The van der Waals surface area contributed by atoms with Crippen molar-refractivity contribution in [2.75, 3.05) is 26.8 Å². The molecule has 10 heteroatoms. The minimum absolute atomic E-state index is 0.111. The van der Waals surface area contributed by atoms with E-state index in [4.69, 9.17) is 0 Å². The molecule has 10 nitrogen and oxygen atoms in total. The van der Waals surface area contributed by atoms with Crippen molar-refractivity contribution in [2.45, 2.75) is 25.7 Å². The molecule has 184 valence electrons. The number of unbranched alkanes of at least 4 members (excludes halogenated alkanes) is 3. The van der Waals surface area contributed by atoms with Crippen LogP contribution in [0, 0.1) is 16.2 Å². The lowest BCUT2D eigenvalue weighted by molar-refractivity contribution is 0.0598. The minimum Gasteiger partial charge on any atom is -0.336 e. The summed E-state index contributed by atoms with van der Waals surface area (Å²) in [5.41, 5.74) is 1.48. The van der Waals surface area contributed by atoms with Gasteiger partial charge in [-0.25, -0.2) is 4.79 Å². The highest BCUT2D eigenvalue weighted by Crippen LogP contribution is 2.35. The second kappa shape index (κ2) is 10.9. The lowest BCUT2D eigenvalue weighted by Crippen LogP contribution is -2.45. The molecule has 1 aliphatic rings. The molecule has 1 aliphatic heterocycles. The van der Waals surface area contributed by atoms with Crippen molar-refractivity contribution >= 4 is 39.4 Å². The summed E-state index contributed by atoms with van der Waals surface area (Å²) in [6, 6.07) is 14.2. The van der Waals surface area contributed by atoms with Gasteiger partial charge in [0.25, 0.3) is 11.8 Å². The molecule has 3 aromatic carbocycles. The van der Waals surface area contributed by atoms with Gasteiger partial charge in [0.1, 0.15) is 0 Å². The second-order valence-corrected chi connectivity index (χ2v) is 8.65. The summed E-state index contributed by atoms with van der Waals surface area (Å²) in [6.45, 7) is 1.20. The van der Waals surface area contributed by atoms with Gasteiger partial charge in [0, 0.05) is 30.1 Å². The fourth-order valence-electron chi connectivity index (χ4n) is 4.42. The zero-order valence-electron chi connectivity index (χ0n) is 19.9. The van der Waals surface area contributed by atoms with Gasteiger partial charge in [0.05, 0.1) is 23.6 Å². The van der Waals surface area contributed by atoms with Crippen LogP contribution < -0.4 is 10.6 Å². The maximum absolute atomic E-state index is 13.3. The summed E-state index contributed by atoms with van der Waals surface area (Å²) < 4.78 is 0. The van der Waals surface area contributed by atoms with Crippen molar-refractivity contribution in [2.24, 2.45) is 5.29 Å². The Hall–Kier alpha value is -4.36. The van der Waals surface area contributed by atoms with E-state index in [2.05, 4.69) is 22.0 Å². The van der Waals surface area contributed by atoms with E-state index in [9.17, 15) is 24.6 Å². The molecule has 0 saturated carbocycles. The Labute approximate surface area is 207 Å². The Kier molecular flexibility index (Phi) is 7.51. The fourth-order valence-corrected chi connectivity index (χ4v) is 4.42. The van der Waals surface area contributed by atoms with Gasteiger partial charge in [-0.05, 0) is 59.8 Å². The van der Waals surface area contributed by atoms with Crippen LogP contribution in [0.2, 0.25) is 0 Å². The van der Waals surface area contributed by atoms with Gasteiger partial charge >= 0.3 is 6.03 Å². The number of fused-ring (bicyclic) bond motifs is 2. The van der Waals surface area contributed by atoms with Crippen molar-refractivity contribution in [3.8, 4) is 6.07 Å². The van der Waals surface area contributed by atoms with E-state index in [0.717, 1.165) is 41.8 Å². The van der Waals surface area contributed by atoms with Crippen LogP contribution in [-0.4, -0.2) is 54.6 Å². The number of nitrogens with zero attached hydrogens (tertiary/aromatic N) is 4. The van der Waals surface area contributed by atoms with Crippen molar-refractivity contribution in [3.05, 3.63) is 64.1 Å². The van der Waals surface area contributed by atoms with Crippen LogP contribution in [0.25, 0.3) is 21.5 Å². The van der Waals surface area contributed by atoms with Crippen molar-refractivity contribution < 1.29 is 14.4 Å². The maximum Gasteiger partial charge on any atom is 0.340 e. The third kappa shape index (κ3) is 4.87. The Balaban J connectivity index is 1.34. The molecule has 36 heavy (non-hydrogen) atoms. The molecule has 4 amide bonds. The molecule has 0 spiro atoms. The zero-order chi connectivity index (χ0) is 25.7. The van der Waals surface area contributed by atoms with Crippen molar-refractivity contribution in [3.63, 3.8) is 0 Å². The number of rotatable bonds is 10. The quantitative estimate of drug-likeness (QED) is 0.147. The number of nitriles is 1. The third-order valence-electron chi connectivity index (χ3n) is 6.30. The number of urea groups is 1. The molecule has 2 N–H and O–H groups in total. The molecule has 0 bridgehead atoms. The summed E-state index contributed by atoms with van der Waals surface area (Å²) in [5, 5.41) is 21.4. The molecule has 1 heterocycles. The lowest BCUT2D eigenvalue weighted by Gasteiger charge is -2.28. The summed E-state index contributed by atoms with van der Waals surface area (Å²) in [5.74, 6) is -0.681. The van der Waals surface area contributed by atoms with Gasteiger partial charge in [0.15, 0.2) is 0 Å². The van der Waals surface area contributed by atoms with E-state index in [1.54, 1.807) is 30.3 Å². The maximum atomic E-state index is 13.3. The number of hydrogen-bond donors (Lipinski definition) is 2. The summed E-state index contributed by atoms with van der Waals surface area (Å²) in [7, 11) is 1.29. The van der Waals surface area contributed by atoms with Gasteiger partial charge < -0.3 is 5.32 Å². The number of nitrogens with one attached hydrogen (secondary N) is 2. The molecule has 0 unspecified atom stereocenters. The Morgan fingerprint density at radius 1 is 1.00 bits per heavy atom. The average molecular weight is 487 g/mol. The Morgan fingerprint density at radius 2 is 1.75 bits per heavy atom. The first kappa shape index (κ1) is 24.8. The highest BCUT2D eigenvalue weighted by Gasteiger charge is 2.33. The van der Waals surface area contributed by atoms with Gasteiger partial charge in [-0.2, -0.15) is 10.3 Å². The summed E-state index contributed by atoms with van der Waals surface area (Å²) >= 11 is 0. The number of hydrogen-bond acceptors (Lipinski definition) is 7. The third-order valence-corrected chi connectivity index (χ3v) is 6.30. The van der Waals surface area contributed by atoms with E-state index in [0.29, 0.717) is 40.2 Å². The lowest BCUT2D eigenvalue weighted by atomic mass is 9.90. The highest BCUT2D eigenvalue weighted by atomic mass is 16.3. The van der Waals surface area contributed by atoms with Gasteiger partial charge in [-0.3, -0.25) is 19.8 Å². The smallest absolute Gasteiger partial charge is 0.336 e. The van der Waals surface area contributed by atoms with Gasteiger partial charge in [-0.1, -0.05) is 31.0 Å². The summed E-state index contributed by atoms with van der Waals surface area (Å²) in [6.07, 6.45) is 3.41. The first-order valence-corrected chi connectivity index (χ1v) is 11.8. The number of imide groups is 1. The standard InChI is InChI=1S/C26H26N6O4/c1-31(30-36)26(35)29-12-5-3-2-4-11-28-16-32-24(33)20-8-6-7-19-21-13-17(15-27)9-10-18(21)14-22(23(19)20)25(32)34/h6-10,13-14,28H,2-5,11-12,16H2,1H3,(H,29,35). The van der Waals surface area contributed by atoms with Crippen LogP contribution in [0.15, 0.2) is 47.8 Å². The molecule has 3 aromatic rings. The van der Waals surface area contributed by atoms with E-state index in [1.807, 2.05) is 12.1 Å². The molecule has 0 atom stereocenters. The van der Waals surface area contributed by atoms with Crippen LogP contribution in [0.4, 0.5) is 4.79 Å². The first-order chi connectivity index (χ1) is 17.5. The fraction of sp³-hybridized carbons (Fsp3) is 0.308. The number of carbonyl (C=O) groups excluding carboxylic acids is 3. The number of amides is 4. The monoisotopic (exact) mass is 486 g/mol. The van der Waals surface area contributed by atoms with E-state index < -0.39 is 6.03 Å². The van der Waals surface area contributed by atoms with Crippen molar-refractivity contribution in [1.82, 2.24) is 20.5 Å². The number of benzene rings is 3. The second-order valence-electron chi connectivity index (χ2n) is 8.65. The number of nitroso groups, excluding NO2 is 1. The Morgan fingerprint density at radius 3 is 2.50 bits per heavy atom. The zero-order valence-corrected chi connectivity index (χ0v) is 19.9. The topological polar surface area (TPSA) is 135 Å². The molecular weight excluding hydrogens is 460 g/mol. The summed E-state index contributed by atoms with van der Waals surface area (Å²) in [4.78, 5) is 49.4. The van der Waals surface area contributed by atoms with Crippen LogP contribution in [0.3, 0.4) is 0 Å². The molecule has 0 fully saturated rings. The average Bonchev–Trinajstić information content (AvgIpc) is 2.91. The molecule has 0 saturated heterocycles. The predicted octanol–water partition coefficient (Wildman–Crippen LogP) is 3.89. The molecule has 0 aromatic heterocycles. The first-order valence-electron chi connectivity index (χ1n) is 11.8. The normalized spacial score (nSPS) is 12.6. The largest absolute Gasteiger partial charge is 0.340 e. The van der Waals surface area contributed by atoms with Gasteiger partial charge in [0.2, 0.25) is 0 Å². The molecular formula is C26H26N6O4. The van der Waals surface area contributed by atoms with Crippen LogP contribution in [0.1, 0.15) is 52.0 Å². The van der Waals surface area contributed by atoms with E-state index in [-0.39, 0.29) is 18.5 Å². The van der Waals surface area contributed by atoms with Gasteiger partial charge in [-0.15, -0.1) is 4.91 Å². The van der Waals surface area contributed by atoms with E-state index in [1.165, 1.54) is 11.9 Å². The molecule has 0 radical (unpaired) electrons. The molecule has 4 rings (SSSR count). The van der Waals surface area contributed by atoms with Crippen LogP contribution >= 0.6 is 0 Å². The van der Waals surface area contributed by atoms with E-state index >= 15 is 0 Å². The van der Waals surface area contributed by atoms with Crippen molar-refractivity contribution in [1.29, 1.82) is 5.26 Å². The number of carbonyl (C=O) groups is 3. The van der Waals surface area contributed by atoms with Crippen LogP contribution in [-0.2, 0) is 0 Å².